The van der Waals surface area contributed by atoms with Crippen molar-refractivity contribution in [2.24, 2.45) is 0 Å². The van der Waals surface area contributed by atoms with E-state index in [4.69, 9.17) is 9.47 Å². The Bertz CT molecular complexity index is 983. The summed E-state index contributed by atoms with van der Waals surface area (Å²) in [5, 5.41) is 10.5. The van der Waals surface area contributed by atoms with Crippen LogP contribution in [0.3, 0.4) is 0 Å². The lowest BCUT2D eigenvalue weighted by Gasteiger charge is -2.13. The average Bonchev–Trinajstić information content (AvgIpc) is 2.94. The highest BCUT2D eigenvalue weighted by atomic mass is 32.2. The van der Waals surface area contributed by atoms with Crippen LogP contribution in [0.4, 0.5) is 4.79 Å². The van der Waals surface area contributed by atoms with Crippen molar-refractivity contribution in [2.75, 3.05) is 13.7 Å². The quantitative estimate of drug-likeness (QED) is 0.645. The van der Waals surface area contributed by atoms with Crippen LogP contribution in [0.2, 0.25) is 0 Å². The van der Waals surface area contributed by atoms with Crippen molar-refractivity contribution in [3.63, 3.8) is 0 Å². The first-order chi connectivity index (χ1) is 13.9. The van der Waals surface area contributed by atoms with E-state index in [2.05, 4.69) is 0 Å². The Morgan fingerprint density at radius 3 is 2.41 bits per heavy atom. The van der Waals surface area contributed by atoms with Crippen LogP contribution in [0, 0.1) is 0 Å². The lowest BCUT2D eigenvalue weighted by Crippen LogP contribution is -2.22. The van der Waals surface area contributed by atoms with E-state index in [1.165, 1.54) is 19.2 Å². The number of rotatable bonds is 7. The van der Waals surface area contributed by atoms with Crippen LogP contribution >= 0.6 is 11.8 Å². The van der Waals surface area contributed by atoms with E-state index in [-0.39, 0.29) is 23.3 Å². The van der Waals surface area contributed by atoms with Gasteiger partial charge in [-0.15, -0.1) is 0 Å². The molecule has 2 aromatic carbocycles. The smallest absolute Gasteiger partial charge is 0.293 e. The van der Waals surface area contributed by atoms with Crippen molar-refractivity contribution in [1.82, 2.24) is 4.90 Å². The second-order valence-electron chi connectivity index (χ2n) is 6.15. The number of carbonyl (C=O) groups is 3. The largest absolute Gasteiger partial charge is 0.545 e. The highest BCUT2D eigenvalue weighted by Crippen LogP contribution is 2.34. The molecular weight excluding hydrogens is 394 g/mol. The first-order valence-corrected chi connectivity index (χ1v) is 9.62. The molecule has 1 fully saturated rings. The zero-order valence-corrected chi connectivity index (χ0v) is 16.7. The SMILES string of the molecule is CCOc1cc(/C=C2\SC(=O)N(C)C2=O)ccc1OCc1ccc(C(=O)[O-])cc1. The molecule has 3 rings (SSSR count). The summed E-state index contributed by atoms with van der Waals surface area (Å²) < 4.78 is 11.5. The summed E-state index contributed by atoms with van der Waals surface area (Å²) in [5.41, 5.74) is 1.60. The zero-order valence-electron chi connectivity index (χ0n) is 15.8. The lowest BCUT2D eigenvalue weighted by atomic mass is 10.1. The Labute approximate surface area is 171 Å². The molecule has 0 unspecified atom stereocenters. The zero-order chi connectivity index (χ0) is 21.0. The third kappa shape index (κ3) is 4.78. The summed E-state index contributed by atoms with van der Waals surface area (Å²) in [4.78, 5) is 35.9. The molecule has 0 radical (unpaired) electrons. The average molecular weight is 412 g/mol. The van der Waals surface area contributed by atoms with Crippen LogP contribution < -0.4 is 14.6 Å². The number of carbonyl (C=O) groups excluding carboxylic acids is 3. The van der Waals surface area contributed by atoms with Gasteiger partial charge in [0.25, 0.3) is 11.1 Å². The number of benzene rings is 2. The second-order valence-corrected chi connectivity index (χ2v) is 7.15. The van der Waals surface area contributed by atoms with E-state index >= 15 is 0 Å². The number of amides is 2. The number of imide groups is 1. The number of carboxylic acid groups (broad SMARTS) is 1. The maximum atomic E-state index is 12.0. The number of ether oxygens (including phenoxy) is 2. The van der Waals surface area contributed by atoms with Crippen molar-refractivity contribution in [1.29, 1.82) is 0 Å². The summed E-state index contributed by atoms with van der Waals surface area (Å²) >= 11 is 0.891. The Balaban J connectivity index is 1.76. The number of carboxylic acids is 1. The molecule has 0 aliphatic carbocycles. The molecule has 29 heavy (non-hydrogen) atoms. The summed E-state index contributed by atoms with van der Waals surface area (Å²) in [7, 11) is 1.45. The van der Waals surface area contributed by atoms with Crippen molar-refractivity contribution < 1.29 is 29.0 Å². The molecule has 0 N–H and O–H groups in total. The van der Waals surface area contributed by atoms with Crippen LogP contribution in [0.15, 0.2) is 47.4 Å². The monoisotopic (exact) mass is 412 g/mol. The highest BCUT2D eigenvalue weighted by molar-refractivity contribution is 8.18. The molecule has 1 aliphatic heterocycles. The van der Waals surface area contributed by atoms with Gasteiger partial charge in [0.05, 0.1) is 17.5 Å². The van der Waals surface area contributed by atoms with E-state index < -0.39 is 5.97 Å². The minimum atomic E-state index is -1.23. The van der Waals surface area contributed by atoms with E-state index in [9.17, 15) is 19.5 Å². The van der Waals surface area contributed by atoms with Crippen molar-refractivity contribution in [2.45, 2.75) is 13.5 Å². The van der Waals surface area contributed by atoms with Gasteiger partial charge in [0, 0.05) is 7.05 Å². The van der Waals surface area contributed by atoms with Gasteiger partial charge in [0.2, 0.25) is 0 Å². The molecular formula is C21H18NO6S-. The number of nitrogens with zero attached hydrogens (tertiary/aromatic N) is 1. The topological polar surface area (TPSA) is 96.0 Å². The van der Waals surface area contributed by atoms with Crippen LogP contribution in [0.1, 0.15) is 28.4 Å². The van der Waals surface area contributed by atoms with Crippen LogP contribution in [-0.4, -0.2) is 35.7 Å². The number of hydrogen-bond donors (Lipinski definition) is 0. The van der Waals surface area contributed by atoms with Gasteiger partial charge >= 0.3 is 0 Å². The molecule has 8 heteroatoms. The van der Waals surface area contributed by atoms with Gasteiger partial charge in [-0.25, -0.2) is 0 Å². The first kappa shape index (κ1) is 20.5. The first-order valence-electron chi connectivity index (χ1n) is 8.80. The molecule has 1 heterocycles. The Kier molecular flexibility index (Phi) is 6.23. The number of hydrogen-bond acceptors (Lipinski definition) is 7. The summed E-state index contributed by atoms with van der Waals surface area (Å²) in [6.07, 6.45) is 1.64. The van der Waals surface area contributed by atoms with Crippen molar-refractivity contribution in [3.05, 3.63) is 64.1 Å². The van der Waals surface area contributed by atoms with Gasteiger partial charge in [-0.3, -0.25) is 14.5 Å². The normalized spacial score (nSPS) is 15.1. The Morgan fingerprint density at radius 2 is 1.83 bits per heavy atom. The third-order valence-corrected chi connectivity index (χ3v) is 5.10. The Hall–Kier alpha value is -3.26. The van der Waals surface area contributed by atoms with Gasteiger partial charge in [0.1, 0.15) is 6.61 Å². The standard InChI is InChI=1S/C21H19NO6S/c1-3-27-17-10-14(11-18-19(23)22(2)21(26)29-18)6-9-16(17)28-12-13-4-7-15(8-5-13)20(24)25/h4-11H,3,12H2,1-2H3,(H,24,25)/p-1/b18-11-. The lowest BCUT2D eigenvalue weighted by molar-refractivity contribution is -0.255. The fourth-order valence-electron chi connectivity index (χ4n) is 2.60. The molecule has 7 nitrogen and oxygen atoms in total. The second kappa shape index (κ2) is 8.83. The molecule has 2 amide bonds. The maximum Gasteiger partial charge on any atom is 0.293 e. The van der Waals surface area contributed by atoms with Crippen LogP contribution in [0.5, 0.6) is 11.5 Å². The molecule has 1 saturated heterocycles. The molecule has 0 bridgehead atoms. The highest BCUT2D eigenvalue weighted by Gasteiger charge is 2.31. The molecule has 0 aromatic heterocycles. The van der Waals surface area contributed by atoms with Crippen LogP contribution in [0.25, 0.3) is 6.08 Å². The van der Waals surface area contributed by atoms with Gasteiger partial charge in [-0.1, -0.05) is 30.3 Å². The molecule has 1 aliphatic rings. The predicted molar refractivity (Wildman–Crippen MR) is 106 cm³/mol. The number of thioether (sulfide) groups is 1. The summed E-state index contributed by atoms with van der Waals surface area (Å²) in [5.74, 6) is -0.550. The Morgan fingerprint density at radius 1 is 1.10 bits per heavy atom. The fraction of sp³-hybridized carbons (Fsp3) is 0.190. The molecule has 2 aromatic rings. The maximum absolute atomic E-state index is 12.0. The molecule has 0 spiro atoms. The van der Waals surface area contributed by atoms with E-state index in [1.54, 1.807) is 36.4 Å². The minimum Gasteiger partial charge on any atom is -0.545 e. The summed E-state index contributed by atoms with van der Waals surface area (Å²) in [6, 6.07) is 11.5. The summed E-state index contributed by atoms with van der Waals surface area (Å²) in [6.45, 7) is 2.49. The third-order valence-electron chi connectivity index (χ3n) is 4.14. The predicted octanol–water partition coefficient (Wildman–Crippen LogP) is 2.69. The van der Waals surface area contributed by atoms with Gasteiger partial charge in [-0.05, 0) is 53.6 Å². The van der Waals surface area contributed by atoms with E-state index in [0.717, 1.165) is 22.2 Å². The van der Waals surface area contributed by atoms with Gasteiger partial charge in [0.15, 0.2) is 11.5 Å². The number of aromatic carboxylic acids is 1. The number of likely N-dealkylation sites (N-methyl/N-ethyl adjacent to an activating group) is 1. The van der Waals surface area contributed by atoms with Crippen molar-refractivity contribution in [3.8, 4) is 11.5 Å². The molecule has 0 saturated carbocycles. The minimum absolute atomic E-state index is 0.101. The molecule has 150 valence electrons. The van der Waals surface area contributed by atoms with Crippen LogP contribution in [-0.2, 0) is 11.4 Å². The fourth-order valence-corrected chi connectivity index (χ4v) is 3.42. The molecule has 0 atom stereocenters. The van der Waals surface area contributed by atoms with Gasteiger partial charge in [-0.2, -0.15) is 0 Å². The van der Waals surface area contributed by atoms with Crippen molar-refractivity contribution >= 4 is 35.0 Å². The van der Waals surface area contributed by atoms with E-state index in [1.807, 2.05) is 6.92 Å². The van der Waals surface area contributed by atoms with E-state index in [0.29, 0.717) is 28.6 Å². The van der Waals surface area contributed by atoms with Gasteiger partial charge < -0.3 is 19.4 Å².